The average molecular weight is 322 g/mol. The van der Waals surface area contributed by atoms with Gasteiger partial charge in [0.05, 0.1) is 25.4 Å². The first-order valence-electron chi connectivity index (χ1n) is 8.03. The van der Waals surface area contributed by atoms with E-state index in [0.717, 1.165) is 33.5 Å². The maximum absolute atomic E-state index is 12.2. The molecule has 0 fully saturated rings. The van der Waals surface area contributed by atoms with Crippen LogP contribution in [0.15, 0.2) is 12.1 Å². The Hall–Kier alpha value is -1.59. The number of hydrogen-bond acceptors (Lipinski definition) is 3. The van der Waals surface area contributed by atoms with E-state index in [9.17, 15) is 9.50 Å². The summed E-state index contributed by atoms with van der Waals surface area (Å²) in [5.74, 6) is 0.799. The summed E-state index contributed by atoms with van der Waals surface area (Å²) < 4.78 is 19.8. The van der Waals surface area contributed by atoms with Crippen molar-refractivity contribution in [2.75, 3.05) is 20.3 Å². The predicted octanol–water partition coefficient (Wildman–Crippen LogP) is 3.17. The third-order valence-electron chi connectivity index (χ3n) is 4.72. The van der Waals surface area contributed by atoms with E-state index in [2.05, 4.69) is 23.7 Å². The highest BCUT2D eigenvalue weighted by molar-refractivity contribution is 5.93. The van der Waals surface area contributed by atoms with Crippen molar-refractivity contribution in [2.45, 2.75) is 39.3 Å². The first-order chi connectivity index (χ1) is 10.9. The van der Waals surface area contributed by atoms with Crippen LogP contribution in [-0.4, -0.2) is 36.0 Å². The number of halogens is 1. The molecule has 1 aromatic carbocycles. The standard InChI is InChI=1S/C18H27FN2O2/c1-11-13(3)21(4)17-15(23-5)8-7-14(16(11)17)18(22)12(2)20-10-6-9-19/h7-8,12,18,20,22H,6,9-10H2,1-5H3. The minimum atomic E-state index is -0.663. The number of alkyl halides is 1. The minimum Gasteiger partial charge on any atom is -0.495 e. The molecule has 0 aliphatic rings. The number of nitrogens with zero attached hydrogens (tertiary/aromatic N) is 1. The number of rotatable bonds is 7. The smallest absolute Gasteiger partial charge is 0.143 e. The van der Waals surface area contributed by atoms with Gasteiger partial charge in [0, 0.05) is 24.2 Å². The van der Waals surface area contributed by atoms with E-state index < -0.39 is 6.10 Å². The van der Waals surface area contributed by atoms with Crippen molar-refractivity contribution in [1.82, 2.24) is 9.88 Å². The number of aromatic nitrogens is 1. The lowest BCUT2D eigenvalue weighted by Gasteiger charge is -2.22. The number of fused-ring (bicyclic) bond motifs is 1. The molecule has 0 saturated carbocycles. The molecule has 2 N–H and O–H groups in total. The summed E-state index contributed by atoms with van der Waals surface area (Å²) in [5, 5.41) is 15.0. The highest BCUT2D eigenvalue weighted by Crippen LogP contribution is 2.37. The summed E-state index contributed by atoms with van der Waals surface area (Å²) >= 11 is 0. The van der Waals surface area contributed by atoms with Crippen molar-refractivity contribution in [3.63, 3.8) is 0 Å². The Labute approximate surface area is 137 Å². The quantitative estimate of drug-likeness (QED) is 0.770. The first-order valence-corrected chi connectivity index (χ1v) is 8.03. The molecule has 1 aromatic heterocycles. The van der Waals surface area contributed by atoms with Crippen LogP contribution in [-0.2, 0) is 7.05 Å². The van der Waals surface area contributed by atoms with Gasteiger partial charge < -0.3 is 19.7 Å². The fourth-order valence-electron chi connectivity index (χ4n) is 3.10. The minimum absolute atomic E-state index is 0.155. The normalized spacial score (nSPS) is 14.2. The molecule has 0 spiro atoms. The molecule has 0 bridgehead atoms. The van der Waals surface area contributed by atoms with Gasteiger partial charge in [-0.2, -0.15) is 0 Å². The molecular formula is C18H27FN2O2. The lowest BCUT2D eigenvalue weighted by Crippen LogP contribution is -2.33. The predicted molar refractivity (Wildman–Crippen MR) is 92.0 cm³/mol. The second-order valence-corrected chi connectivity index (χ2v) is 6.08. The molecule has 128 valence electrons. The molecule has 0 aliphatic carbocycles. The van der Waals surface area contributed by atoms with Gasteiger partial charge in [-0.15, -0.1) is 0 Å². The Morgan fingerprint density at radius 1 is 1.35 bits per heavy atom. The average Bonchev–Trinajstić information content (AvgIpc) is 2.78. The van der Waals surface area contributed by atoms with Crippen molar-refractivity contribution < 1.29 is 14.2 Å². The van der Waals surface area contributed by atoms with Gasteiger partial charge in [-0.3, -0.25) is 4.39 Å². The van der Waals surface area contributed by atoms with Crippen molar-refractivity contribution in [3.8, 4) is 5.75 Å². The lowest BCUT2D eigenvalue weighted by atomic mass is 9.97. The van der Waals surface area contributed by atoms with Crippen LogP contribution in [0.4, 0.5) is 4.39 Å². The van der Waals surface area contributed by atoms with Gasteiger partial charge in [-0.1, -0.05) is 6.07 Å². The fourth-order valence-corrected chi connectivity index (χ4v) is 3.10. The van der Waals surface area contributed by atoms with Gasteiger partial charge in [0.2, 0.25) is 0 Å². The van der Waals surface area contributed by atoms with Crippen LogP contribution in [0.2, 0.25) is 0 Å². The van der Waals surface area contributed by atoms with Gasteiger partial charge in [0.15, 0.2) is 0 Å². The third-order valence-corrected chi connectivity index (χ3v) is 4.72. The number of ether oxygens (including phenoxy) is 1. The Kier molecular flexibility index (Phi) is 5.65. The Morgan fingerprint density at radius 2 is 2.04 bits per heavy atom. The van der Waals surface area contributed by atoms with E-state index >= 15 is 0 Å². The summed E-state index contributed by atoms with van der Waals surface area (Å²) in [4.78, 5) is 0. The maximum Gasteiger partial charge on any atom is 0.143 e. The van der Waals surface area contributed by atoms with Gasteiger partial charge in [0.1, 0.15) is 5.75 Å². The van der Waals surface area contributed by atoms with Crippen molar-refractivity contribution >= 4 is 10.9 Å². The van der Waals surface area contributed by atoms with Crippen LogP contribution >= 0.6 is 0 Å². The van der Waals surface area contributed by atoms with Gasteiger partial charge in [-0.05, 0) is 50.9 Å². The number of hydrogen-bond donors (Lipinski definition) is 2. The number of nitrogens with one attached hydrogen (secondary N) is 1. The molecule has 0 saturated heterocycles. The van der Waals surface area contributed by atoms with E-state index in [-0.39, 0.29) is 12.7 Å². The molecule has 4 nitrogen and oxygen atoms in total. The molecule has 2 unspecified atom stereocenters. The van der Waals surface area contributed by atoms with Gasteiger partial charge in [-0.25, -0.2) is 0 Å². The lowest BCUT2D eigenvalue weighted by molar-refractivity contribution is 0.137. The zero-order chi connectivity index (χ0) is 17.1. The van der Waals surface area contributed by atoms with Gasteiger partial charge in [0.25, 0.3) is 0 Å². The molecule has 23 heavy (non-hydrogen) atoms. The van der Waals surface area contributed by atoms with E-state index in [0.29, 0.717) is 13.0 Å². The molecule has 2 rings (SSSR count). The number of methoxy groups -OCH3 is 1. The molecule has 0 aliphatic heterocycles. The zero-order valence-corrected chi connectivity index (χ0v) is 14.6. The fraction of sp³-hybridized carbons (Fsp3) is 0.556. The molecule has 2 atom stereocenters. The summed E-state index contributed by atoms with van der Waals surface area (Å²) in [6.07, 6.45) is -0.207. The molecule has 2 aromatic rings. The molecular weight excluding hydrogens is 295 g/mol. The zero-order valence-electron chi connectivity index (χ0n) is 14.6. The second-order valence-electron chi connectivity index (χ2n) is 6.08. The van der Waals surface area contributed by atoms with E-state index in [1.54, 1.807) is 7.11 Å². The number of benzene rings is 1. The van der Waals surface area contributed by atoms with Crippen molar-refractivity contribution in [2.24, 2.45) is 7.05 Å². The molecule has 0 amide bonds. The Morgan fingerprint density at radius 3 is 2.65 bits per heavy atom. The maximum atomic E-state index is 12.2. The second kappa shape index (κ2) is 7.32. The number of aliphatic hydroxyl groups is 1. The van der Waals surface area contributed by atoms with Crippen LogP contribution in [0.3, 0.4) is 0 Å². The SMILES string of the molecule is COc1ccc(C(O)C(C)NCCCF)c2c(C)c(C)n(C)c12. The topological polar surface area (TPSA) is 46.4 Å². The summed E-state index contributed by atoms with van der Waals surface area (Å²) in [6, 6.07) is 3.66. The van der Waals surface area contributed by atoms with Crippen LogP contribution in [0.25, 0.3) is 10.9 Å². The summed E-state index contributed by atoms with van der Waals surface area (Å²) in [6.45, 7) is 6.26. The van der Waals surface area contributed by atoms with Crippen LogP contribution in [0.5, 0.6) is 5.75 Å². The first kappa shape index (κ1) is 17.8. The van der Waals surface area contributed by atoms with Crippen molar-refractivity contribution in [3.05, 3.63) is 29.0 Å². The Bertz CT molecular complexity index is 681. The third kappa shape index (κ3) is 3.21. The van der Waals surface area contributed by atoms with E-state index in [1.807, 2.05) is 26.1 Å². The van der Waals surface area contributed by atoms with E-state index in [1.165, 1.54) is 0 Å². The highest BCUT2D eigenvalue weighted by Gasteiger charge is 2.23. The van der Waals surface area contributed by atoms with E-state index in [4.69, 9.17) is 4.74 Å². The van der Waals surface area contributed by atoms with Crippen LogP contribution < -0.4 is 10.1 Å². The molecule has 0 radical (unpaired) electrons. The summed E-state index contributed by atoms with van der Waals surface area (Å²) in [7, 11) is 3.66. The van der Waals surface area contributed by atoms with Gasteiger partial charge >= 0.3 is 0 Å². The van der Waals surface area contributed by atoms with Crippen molar-refractivity contribution in [1.29, 1.82) is 0 Å². The van der Waals surface area contributed by atoms with Crippen LogP contribution in [0.1, 0.15) is 36.3 Å². The number of aliphatic hydroxyl groups excluding tert-OH is 1. The monoisotopic (exact) mass is 322 g/mol. The summed E-state index contributed by atoms with van der Waals surface area (Å²) in [5.41, 5.74) is 4.17. The Balaban J connectivity index is 2.47. The highest BCUT2D eigenvalue weighted by atomic mass is 19.1. The molecule has 1 heterocycles. The largest absolute Gasteiger partial charge is 0.495 e. The van der Waals surface area contributed by atoms with Crippen LogP contribution in [0, 0.1) is 13.8 Å². The number of aryl methyl sites for hydroxylation is 2. The molecule has 5 heteroatoms.